The maximum Gasteiger partial charge on any atom is 0.365 e. The number of aromatic hydroxyl groups is 1. The first-order valence-corrected chi connectivity index (χ1v) is 10.1. The van der Waals surface area contributed by atoms with Gasteiger partial charge in [0.25, 0.3) is 0 Å². The van der Waals surface area contributed by atoms with Crippen LogP contribution in [0.3, 0.4) is 0 Å². The van der Waals surface area contributed by atoms with Crippen molar-refractivity contribution in [1.82, 2.24) is 14.5 Å². The number of hydrogen-bond acceptors (Lipinski definition) is 6. The summed E-state index contributed by atoms with van der Waals surface area (Å²) in [6.45, 7) is 0.468. The molecular formula is C21H20N6O2S. The Kier molecular flexibility index (Phi) is 5.55. The van der Waals surface area contributed by atoms with Gasteiger partial charge in [0.05, 0.1) is 17.9 Å². The van der Waals surface area contributed by atoms with Crippen molar-refractivity contribution in [2.45, 2.75) is 6.67 Å². The van der Waals surface area contributed by atoms with Crippen LogP contribution in [-0.2, 0) is 6.67 Å². The number of amides is 2. The second kappa shape index (κ2) is 8.44. The van der Waals surface area contributed by atoms with Gasteiger partial charge in [-0.25, -0.2) is 9.78 Å². The molecule has 30 heavy (non-hydrogen) atoms. The summed E-state index contributed by atoms with van der Waals surface area (Å²) in [5, 5.41) is 24.0. The molecule has 0 spiro atoms. The summed E-state index contributed by atoms with van der Waals surface area (Å²) in [4.78, 5) is 18.6. The predicted octanol–water partition coefficient (Wildman–Crippen LogP) is 5.31. The molecule has 0 radical (unpaired) electrons. The molecule has 0 atom stereocenters. The molecule has 2 aromatic heterocycles. The molecule has 0 fully saturated rings. The molecular weight excluding hydrogens is 400 g/mol. The van der Waals surface area contributed by atoms with Crippen molar-refractivity contribution < 1.29 is 9.90 Å². The number of nitrogens with zero attached hydrogens (tertiary/aromatic N) is 5. The zero-order valence-electron chi connectivity index (χ0n) is 16.5. The summed E-state index contributed by atoms with van der Waals surface area (Å²) >= 11 is 1.31. The highest BCUT2D eigenvalue weighted by molar-refractivity contribution is 7.14. The topological polar surface area (TPSA) is 95.1 Å². The van der Waals surface area contributed by atoms with Gasteiger partial charge in [-0.1, -0.05) is 53.6 Å². The van der Waals surface area contributed by atoms with Crippen molar-refractivity contribution in [1.29, 1.82) is 0 Å². The van der Waals surface area contributed by atoms with Crippen molar-refractivity contribution in [3.63, 3.8) is 0 Å². The lowest BCUT2D eigenvalue weighted by Crippen LogP contribution is -2.16. The van der Waals surface area contributed by atoms with Gasteiger partial charge in [-0.3, -0.25) is 14.8 Å². The van der Waals surface area contributed by atoms with Gasteiger partial charge < -0.3 is 5.11 Å². The SMILES string of the molecule is CN(C)Cn1c(O)c(N=NC(=O)Nc2nc(-c3ccccc3)cs2)c2ccccc21. The van der Waals surface area contributed by atoms with Crippen LogP contribution in [0.25, 0.3) is 22.2 Å². The number of para-hydroxylation sites is 1. The molecule has 152 valence electrons. The molecule has 2 heterocycles. The van der Waals surface area contributed by atoms with E-state index in [2.05, 4.69) is 20.5 Å². The van der Waals surface area contributed by atoms with Gasteiger partial charge in [-0.15, -0.1) is 16.5 Å². The van der Waals surface area contributed by atoms with Crippen molar-refractivity contribution >= 4 is 39.1 Å². The number of benzene rings is 2. The van der Waals surface area contributed by atoms with E-state index in [0.717, 1.165) is 16.8 Å². The highest BCUT2D eigenvalue weighted by Crippen LogP contribution is 2.38. The van der Waals surface area contributed by atoms with Gasteiger partial charge in [0.15, 0.2) is 10.8 Å². The maximum absolute atomic E-state index is 12.3. The van der Waals surface area contributed by atoms with E-state index >= 15 is 0 Å². The number of fused-ring (bicyclic) bond motifs is 1. The molecule has 2 amide bonds. The van der Waals surface area contributed by atoms with Crippen molar-refractivity contribution in [3.05, 3.63) is 60.0 Å². The fraction of sp³-hybridized carbons (Fsp3) is 0.143. The highest BCUT2D eigenvalue weighted by Gasteiger charge is 2.17. The van der Waals surface area contributed by atoms with E-state index in [-0.39, 0.29) is 11.6 Å². The molecule has 0 bridgehead atoms. The maximum atomic E-state index is 12.3. The van der Waals surface area contributed by atoms with Crippen LogP contribution in [0.5, 0.6) is 5.88 Å². The van der Waals surface area contributed by atoms with Crippen LogP contribution < -0.4 is 5.32 Å². The minimum Gasteiger partial charge on any atom is -0.493 e. The highest BCUT2D eigenvalue weighted by atomic mass is 32.1. The number of carbonyl (C=O) groups excluding carboxylic acids is 1. The first-order chi connectivity index (χ1) is 14.5. The van der Waals surface area contributed by atoms with Crippen molar-refractivity contribution in [2.24, 2.45) is 10.2 Å². The minimum absolute atomic E-state index is 0.0398. The van der Waals surface area contributed by atoms with Gasteiger partial charge in [-0.05, 0) is 20.2 Å². The lowest BCUT2D eigenvalue weighted by atomic mass is 10.2. The predicted molar refractivity (Wildman–Crippen MR) is 118 cm³/mol. The normalized spacial score (nSPS) is 11.6. The Bertz CT molecular complexity index is 1210. The van der Waals surface area contributed by atoms with E-state index < -0.39 is 6.03 Å². The Labute approximate surface area is 177 Å². The molecule has 0 unspecified atom stereocenters. The van der Waals surface area contributed by atoms with Crippen LogP contribution in [-0.4, -0.2) is 39.7 Å². The summed E-state index contributed by atoms with van der Waals surface area (Å²) in [6, 6.07) is 16.5. The Balaban J connectivity index is 1.54. The summed E-state index contributed by atoms with van der Waals surface area (Å²) in [6.07, 6.45) is 0. The lowest BCUT2D eigenvalue weighted by Gasteiger charge is -2.12. The monoisotopic (exact) mass is 420 g/mol. The summed E-state index contributed by atoms with van der Waals surface area (Å²) < 4.78 is 1.72. The van der Waals surface area contributed by atoms with E-state index in [1.165, 1.54) is 11.3 Å². The Morgan fingerprint density at radius 1 is 1.17 bits per heavy atom. The zero-order valence-corrected chi connectivity index (χ0v) is 17.3. The molecule has 0 saturated heterocycles. The molecule has 4 aromatic rings. The fourth-order valence-corrected chi connectivity index (χ4v) is 3.79. The largest absolute Gasteiger partial charge is 0.493 e. The third-order valence-electron chi connectivity index (χ3n) is 4.37. The first kappa shape index (κ1) is 19.7. The molecule has 0 aliphatic carbocycles. The van der Waals surface area contributed by atoms with Crippen LogP contribution in [0.4, 0.5) is 15.6 Å². The number of nitrogens with one attached hydrogen (secondary N) is 1. The fourth-order valence-electron chi connectivity index (χ4n) is 3.08. The number of aromatic nitrogens is 2. The Hall–Kier alpha value is -3.56. The number of anilines is 1. The molecule has 4 rings (SSSR count). The second-order valence-electron chi connectivity index (χ2n) is 6.87. The molecule has 9 heteroatoms. The Morgan fingerprint density at radius 3 is 2.67 bits per heavy atom. The number of urea groups is 1. The quantitative estimate of drug-likeness (QED) is 0.428. The summed E-state index contributed by atoms with van der Waals surface area (Å²) in [7, 11) is 3.81. The van der Waals surface area contributed by atoms with Crippen molar-refractivity contribution in [2.75, 3.05) is 19.4 Å². The standard InChI is InChI=1S/C21H20N6O2S/c1-26(2)13-27-17-11-7-6-10-15(17)18(19(27)28)24-25-20(29)23-21-22-16(12-30-21)14-8-4-3-5-9-14/h3-12,28H,13H2,1-2H3,(H,22,23,29). The number of rotatable bonds is 5. The molecule has 0 saturated carbocycles. The van der Waals surface area contributed by atoms with Gasteiger partial charge in [0.2, 0.25) is 5.88 Å². The average Bonchev–Trinajstić information content (AvgIpc) is 3.30. The Morgan fingerprint density at radius 2 is 1.90 bits per heavy atom. The first-order valence-electron chi connectivity index (χ1n) is 9.21. The third kappa shape index (κ3) is 4.07. The second-order valence-corrected chi connectivity index (χ2v) is 7.73. The van der Waals surface area contributed by atoms with Gasteiger partial charge in [0.1, 0.15) is 0 Å². The van der Waals surface area contributed by atoms with Crippen LogP contribution in [0.2, 0.25) is 0 Å². The molecule has 2 N–H and O–H groups in total. The molecule has 0 aliphatic rings. The van der Waals surface area contributed by atoms with Crippen LogP contribution in [0.15, 0.2) is 70.2 Å². The summed E-state index contributed by atoms with van der Waals surface area (Å²) in [5.74, 6) is -0.0398. The summed E-state index contributed by atoms with van der Waals surface area (Å²) in [5.41, 5.74) is 2.81. The van der Waals surface area contributed by atoms with E-state index in [1.807, 2.05) is 79.0 Å². The number of thiazole rings is 1. The van der Waals surface area contributed by atoms with Gasteiger partial charge in [-0.2, -0.15) is 0 Å². The molecule has 8 nitrogen and oxygen atoms in total. The van der Waals surface area contributed by atoms with Gasteiger partial charge in [0, 0.05) is 16.3 Å². The van der Waals surface area contributed by atoms with E-state index in [9.17, 15) is 9.90 Å². The zero-order chi connectivity index (χ0) is 21.1. The van der Waals surface area contributed by atoms with E-state index in [0.29, 0.717) is 17.2 Å². The van der Waals surface area contributed by atoms with Crippen LogP contribution in [0, 0.1) is 0 Å². The van der Waals surface area contributed by atoms with Crippen molar-refractivity contribution in [3.8, 4) is 17.1 Å². The molecule has 2 aromatic carbocycles. The smallest absolute Gasteiger partial charge is 0.365 e. The average molecular weight is 420 g/mol. The number of azo groups is 1. The van der Waals surface area contributed by atoms with Crippen LogP contribution in [0.1, 0.15) is 0 Å². The third-order valence-corrected chi connectivity index (χ3v) is 5.13. The minimum atomic E-state index is -0.659. The van der Waals surface area contributed by atoms with E-state index in [4.69, 9.17) is 0 Å². The number of hydrogen-bond donors (Lipinski definition) is 2. The number of carbonyl (C=O) groups is 1. The molecule has 0 aliphatic heterocycles. The van der Waals surface area contributed by atoms with Gasteiger partial charge >= 0.3 is 6.03 Å². The van der Waals surface area contributed by atoms with Crippen LogP contribution >= 0.6 is 11.3 Å². The van der Waals surface area contributed by atoms with E-state index in [1.54, 1.807) is 4.57 Å². The lowest BCUT2D eigenvalue weighted by molar-refractivity contribution is 0.258.